The van der Waals surface area contributed by atoms with Crippen molar-refractivity contribution >= 4 is 43.4 Å². The second-order valence-corrected chi connectivity index (χ2v) is 6.30. The first-order chi connectivity index (χ1) is 10.2. The van der Waals surface area contributed by atoms with E-state index < -0.39 is 4.92 Å². The molecular formula is C13H9N3O3SSe. The van der Waals surface area contributed by atoms with E-state index >= 15 is 0 Å². The average molecular weight is 366 g/mol. The molecule has 0 unspecified atom stereocenters. The van der Waals surface area contributed by atoms with E-state index in [1.54, 1.807) is 13.2 Å². The molecule has 0 saturated carbocycles. The molecule has 0 atom stereocenters. The molecule has 0 fully saturated rings. The SMILES string of the molecule is COc1ccc(Sc2ccc([N+](=O)[O-])c3n[se]nc23)cc1. The zero-order valence-electron chi connectivity index (χ0n) is 10.8. The molecule has 0 saturated heterocycles. The number of benzene rings is 2. The summed E-state index contributed by atoms with van der Waals surface area (Å²) >= 11 is 1.21. The predicted molar refractivity (Wildman–Crippen MR) is 80.2 cm³/mol. The van der Waals surface area contributed by atoms with Gasteiger partial charge in [-0.25, -0.2) is 0 Å². The number of methoxy groups -OCH3 is 1. The van der Waals surface area contributed by atoms with Crippen LogP contribution in [0.3, 0.4) is 0 Å². The van der Waals surface area contributed by atoms with Gasteiger partial charge in [-0.1, -0.05) is 0 Å². The predicted octanol–water partition coefficient (Wildman–Crippen LogP) is 2.75. The van der Waals surface area contributed by atoms with Crippen LogP contribution in [-0.4, -0.2) is 35.0 Å². The van der Waals surface area contributed by atoms with Crippen LogP contribution in [0.15, 0.2) is 46.2 Å². The van der Waals surface area contributed by atoms with Crippen molar-refractivity contribution in [3.05, 3.63) is 46.5 Å². The van der Waals surface area contributed by atoms with Crippen LogP contribution in [0.25, 0.3) is 11.0 Å². The summed E-state index contributed by atoms with van der Waals surface area (Å²) in [5, 5.41) is 11.0. The normalized spacial score (nSPS) is 10.7. The Morgan fingerprint density at radius 1 is 1.14 bits per heavy atom. The Morgan fingerprint density at radius 2 is 1.86 bits per heavy atom. The van der Waals surface area contributed by atoms with E-state index in [2.05, 4.69) is 7.96 Å². The van der Waals surface area contributed by atoms with E-state index in [0.29, 0.717) is 11.0 Å². The van der Waals surface area contributed by atoms with Gasteiger partial charge in [0.25, 0.3) is 0 Å². The van der Waals surface area contributed by atoms with Gasteiger partial charge in [0.1, 0.15) is 0 Å². The number of fused-ring (bicyclic) bond motifs is 1. The van der Waals surface area contributed by atoms with Crippen molar-refractivity contribution in [1.82, 2.24) is 7.96 Å². The first-order valence-electron chi connectivity index (χ1n) is 5.90. The number of hydrogen-bond acceptors (Lipinski definition) is 6. The van der Waals surface area contributed by atoms with E-state index in [9.17, 15) is 10.1 Å². The van der Waals surface area contributed by atoms with Gasteiger partial charge in [0.2, 0.25) is 0 Å². The number of hydrogen-bond donors (Lipinski definition) is 0. The van der Waals surface area contributed by atoms with E-state index in [1.807, 2.05) is 24.3 Å². The molecule has 0 bridgehead atoms. The van der Waals surface area contributed by atoms with Crippen LogP contribution in [-0.2, 0) is 0 Å². The zero-order valence-corrected chi connectivity index (χ0v) is 13.4. The number of rotatable bonds is 4. The summed E-state index contributed by atoms with van der Waals surface area (Å²) in [5.74, 6) is 0.788. The number of ether oxygens (including phenoxy) is 1. The summed E-state index contributed by atoms with van der Waals surface area (Å²) in [5.41, 5.74) is 1.05. The first-order valence-corrected chi connectivity index (χ1v) is 8.25. The molecule has 106 valence electrons. The van der Waals surface area contributed by atoms with Crippen LogP contribution in [0, 0.1) is 10.1 Å². The Balaban J connectivity index is 1.99. The fourth-order valence-electron chi connectivity index (χ4n) is 1.83. The molecule has 2 aromatic carbocycles. The average Bonchev–Trinajstić information content (AvgIpc) is 2.98. The Bertz CT molecular complexity index is 804. The summed E-state index contributed by atoms with van der Waals surface area (Å²) in [4.78, 5) is 12.5. The maximum absolute atomic E-state index is 11.0. The van der Waals surface area contributed by atoms with Gasteiger partial charge in [-0.2, -0.15) is 0 Å². The second-order valence-electron chi connectivity index (χ2n) is 4.08. The maximum atomic E-state index is 11.0. The van der Waals surface area contributed by atoms with Gasteiger partial charge in [0.05, 0.1) is 0 Å². The molecule has 0 aliphatic rings. The fraction of sp³-hybridized carbons (Fsp3) is 0.0769. The minimum atomic E-state index is -0.416. The Kier molecular flexibility index (Phi) is 3.92. The fourth-order valence-corrected chi connectivity index (χ4v) is 4.06. The Hall–Kier alpha value is -1.89. The van der Waals surface area contributed by atoms with Crippen LogP contribution in [0.5, 0.6) is 5.75 Å². The molecule has 0 N–H and O–H groups in total. The topological polar surface area (TPSA) is 78.2 Å². The second kappa shape index (κ2) is 5.85. The van der Waals surface area contributed by atoms with Crippen molar-refractivity contribution in [3.8, 4) is 5.75 Å². The van der Waals surface area contributed by atoms with Crippen LogP contribution in [0.2, 0.25) is 0 Å². The third-order valence-corrected chi connectivity index (χ3v) is 5.01. The van der Waals surface area contributed by atoms with Crippen LogP contribution >= 0.6 is 11.8 Å². The molecule has 0 aliphatic carbocycles. The number of nitrogens with zero attached hydrogens (tertiary/aromatic N) is 3. The summed E-state index contributed by atoms with van der Waals surface area (Å²) in [6.07, 6.45) is 0. The van der Waals surface area contributed by atoms with Gasteiger partial charge in [-0.15, -0.1) is 0 Å². The molecule has 8 heteroatoms. The molecule has 1 heterocycles. The summed E-state index contributed by atoms with van der Waals surface area (Å²) in [6.45, 7) is 0. The Labute approximate surface area is 130 Å². The van der Waals surface area contributed by atoms with Crippen LogP contribution in [0.4, 0.5) is 5.69 Å². The molecule has 6 nitrogen and oxygen atoms in total. The number of aromatic nitrogens is 2. The molecule has 21 heavy (non-hydrogen) atoms. The van der Waals surface area contributed by atoms with E-state index in [4.69, 9.17) is 4.74 Å². The van der Waals surface area contributed by atoms with E-state index in [-0.39, 0.29) is 20.6 Å². The summed E-state index contributed by atoms with van der Waals surface area (Å²) < 4.78 is 13.6. The molecule has 0 radical (unpaired) electrons. The number of nitro benzene ring substituents is 1. The zero-order chi connectivity index (χ0) is 14.8. The molecule has 0 aliphatic heterocycles. The first kappa shape index (κ1) is 14.1. The number of non-ortho nitro benzene ring substituents is 1. The quantitative estimate of drug-likeness (QED) is 0.401. The van der Waals surface area contributed by atoms with E-state index in [0.717, 1.165) is 15.5 Å². The van der Waals surface area contributed by atoms with Crippen molar-refractivity contribution < 1.29 is 9.66 Å². The van der Waals surface area contributed by atoms with Gasteiger partial charge < -0.3 is 0 Å². The third kappa shape index (κ3) is 2.78. The van der Waals surface area contributed by atoms with Crippen LogP contribution < -0.4 is 4.74 Å². The minimum absolute atomic E-state index is 0.0206. The molecule has 3 aromatic rings. The molecule has 0 spiro atoms. The summed E-state index contributed by atoms with van der Waals surface area (Å²) in [6, 6.07) is 10.8. The standard InChI is InChI=1S/C13H9N3O3SSe/c1-19-8-2-4-9(5-3-8)20-11-7-6-10(16(17)18)12-13(11)15-21-14-12/h2-7H,1H3. The van der Waals surface area contributed by atoms with Gasteiger partial charge in [0, 0.05) is 0 Å². The van der Waals surface area contributed by atoms with E-state index in [1.165, 1.54) is 17.8 Å². The third-order valence-electron chi connectivity index (χ3n) is 2.84. The van der Waals surface area contributed by atoms with Crippen molar-refractivity contribution in [2.45, 2.75) is 9.79 Å². The van der Waals surface area contributed by atoms with Gasteiger partial charge in [-0.3, -0.25) is 0 Å². The van der Waals surface area contributed by atoms with Crippen molar-refractivity contribution in [2.24, 2.45) is 0 Å². The summed E-state index contributed by atoms with van der Waals surface area (Å²) in [7, 11) is 1.62. The molecule has 3 rings (SSSR count). The van der Waals surface area contributed by atoms with Crippen molar-refractivity contribution in [3.63, 3.8) is 0 Å². The molecule has 1 aromatic heterocycles. The van der Waals surface area contributed by atoms with Crippen LogP contribution in [0.1, 0.15) is 0 Å². The van der Waals surface area contributed by atoms with Crippen molar-refractivity contribution in [1.29, 1.82) is 0 Å². The number of nitro groups is 1. The van der Waals surface area contributed by atoms with Gasteiger partial charge in [0.15, 0.2) is 0 Å². The van der Waals surface area contributed by atoms with Crippen molar-refractivity contribution in [2.75, 3.05) is 7.11 Å². The van der Waals surface area contributed by atoms with Gasteiger partial charge in [-0.05, 0) is 0 Å². The molecular weight excluding hydrogens is 357 g/mol. The monoisotopic (exact) mass is 367 g/mol. The van der Waals surface area contributed by atoms with Gasteiger partial charge >= 0.3 is 130 Å². The molecule has 0 amide bonds. The Morgan fingerprint density at radius 3 is 2.52 bits per heavy atom.